The lowest BCUT2D eigenvalue weighted by atomic mass is 10.1. The van der Waals surface area contributed by atoms with Crippen LogP contribution in [0.5, 0.6) is 0 Å². The van der Waals surface area contributed by atoms with Crippen molar-refractivity contribution in [2.45, 2.75) is 6.04 Å². The summed E-state index contributed by atoms with van der Waals surface area (Å²) in [6, 6.07) is 7.41. The first kappa shape index (κ1) is 15.5. The van der Waals surface area contributed by atoms with Crippen molar-refractivity contribution >= 4 is 17.5 Å². The Labute approximate surface area is 129 Å². The van der Waals surface area contributed by atoms with Crippen molar-refractivity contribution in [3.8, 4) is 0 Å². The zero-order valence-electron chi connectivity index (χ0n) is 12.4. The maximum Gasteiger partial charge on any atom is 0.254 e. The summed E-state index contributed by atoms with van der Waals surface area (Å²) in [5.74, 6) is -0.134. The number of hydrogen-bond donors (Lipinski definition) is 1. The molecular formula is C15H19ClN4O. The Bertz CT molecular complexity index is 606. The van der Waals surface area contributed by atoms with Crippen LogP contribution in [0.1, 0.15) is 22.0 Å². The molecule has 1 heterocycles. The van der Waals surface area contributed by atoms with E-state index in [0.717, 1.165) is 5.56 Å². The molecule has 0 radical (unpaired) electrons. The summed E-state index contributed by atoms with van der Waals surface area (Å²) in [5, 5.41) is 7.74. The SMILES string of the molecule is CN(C)C[C@H](NC(=O)c1cnn(C)c1)c1ccc(Cl)cc1. The maximum atomic E-state index is 12.3. The first-order chi connectivity index (χ1) is 9.95. The minimum Gasteiger partial charge on any atom is -0.344 e. The van der Waals surface area contributed by atoms with E-state index in [-0.39, 0.29) is 11.9 Å². The second-order valence-corrected chi connectivity index (χ2v) is 5.68. The number of nitrogens with zero attached hydrogens (tertiary/aromatic N) is 3. The lowest BCUT2D eigenvalue weighted by Gasteiger charge is -2.22. The summed E-state index contributed by atoms with van der Waals surface area (Å²) in [6.07, 6.45) is 3.26. The Kier molecular flexibility index (Phi) is 4.98. The second kappa shape index (κ2) is 6.74. The molecule has 21 heavy (non-hydrogen) atoms. The number of halogens is 1. The van der Waals surface area contributed by atoms with Crippen LogP contribution in [-0.4, -0.2) is 41.2 Å². The predicted molar refractivity (Wildman–Crippen MR) is 83.4 cm³/mol. The molecule has 1 amide bonds. The minimum atomic E-state index is -0.134. The van der Waals surface area contributed by atoms with Gasteiger partial charge in [0.15, 0.2) is 0 Å². The monoisotopic (exact) mass is 306 g/mol. The predicted octanol–water partition coefficient (Wildman–Crippen LogP) is 2.11. The third-order valence-corrected chi connectivity index (χ3v) is 3.34. The number of aromatic nitrogens is 2. The molecule has 2 rings (SSSR count). The van der Waals surface area contributed by atoms with E-state index in [4.69, 9.17) is 11.6 Å². The number of rotatable bonds is 5. The molecule has 1 aromatic heterocycles. The average molecular weight is 307 g/mol. The number of likely N-dealkylation sites (N-methyl/N-ethyl adjacent to an activating group) is 1. The minimum absolute atomic E-state index is 0.107. The summed E-state index contributed by atoms with van der Waals surface area (Å²) in [4.78, 5) is 14.3. The summed E-state index contributed by atoms with van der Waals surface area (Å²) in [7, 11) is 5.73. The molecule has 0 unspecified atom stereocenters. The van der Waals surface area contributed by atoms with Crippen LogP contribution in [0.2, 0.25) is 5.02 Å². The van der Waals surface area contributed by atoms with Gasteiger partial charge in [0.1, 0.15) is 0 Å². The molecular weight excluding hydrogens is 288 g/mol. The molecule has 0 aliphatic rings. The zero-order chi connectivity index (χ0) is 15.4. The molecule has 112 valence electrons. The molecule has 0 spiro atoms. The normalized spacial score (nSPS) is 12.4. The van der Waals surface area contributed by atoms with Crippen LogP contribution in [0.4, 0.5) is 0 Å². The van der Waals surface area contributed by atoms with Gasteiger partial charge >= 0.3 is 0 Å². The van der Waals surface area contributed by atoms with Crippen molar-refractivity contribution in [2.75, 3.05) is 20.6 Å². The van der Waals surface area contributed by atoms with Gasteiger partial charge in [-0.2, -0.15) is 5.10 Å². The van der Waals surface area contributed by atoms with Gasteiger partial charge in [0.2, 0.25) is 0 Å². The van der Waals surface area contributed by atoms with Crippen molar-refractivity contribution in [2.24, 2.45) is 7.05 Å². The van der Waals surface area contributed by atoms with Crippen LogP contribution in [0, 0.1) is 0 Å². The van der Waals surface area contributed by atoms with Gasteiger partial charge in [0, 0.05) is 24.8 Å². The van der Waals surface area contributed by atoms with Gasteiger partial charge in [0.05, 0.1) is 17.8 Å². The smallest absolute Gasteiger partial charge is 0.254 e. The van der Waals surface area contributed by atoms with Crippen molar-refractivity contribution in [1.29, 1.82) is 0 Å². The molecule has 1 aromatic carbocycles. The van der Waals surface area contributed by atoms with E-state index in [1.165, 1.54) is 0 Å². The summed E-state index contributed by atoms with van der Waals surface area (Å²) >= 11 is 5.92. The fourth-order valence-corrected chi connectivity index (χ4v) is 2.20. The van der Waals surface area contributed by atoms with Gasteiger partial charge in [-0.25, -0.2) is 0 Å². The maximum absolute atomic E-state index is 12.3. The molecule has 5 nitrogen and oxygen atoms in total. The average Bonchev–Trinajstić information content (AvgIpc) is 2.85. The Hall–Kier alpha value is -1.85. The van der Waals surface area contributed by atoms with Gasteiger partial charge < -0.3 is 10.2 Å². The van der Waals surface area contributed by atoms with Crippen LogP contribution in [0.3, 0.4) is 0 Å². The van der Waals surface area contributed by atoms with Crippen LogP contribution >= 0.6 is 11.6 Å². The number of carbonyl (C=O) groups is 1. The Balaban J connectivity index is 2.16. The number of amides is 1. The molecule has 0 saturated heterocycles. The van der Waals surface area contributed by atoms with Crippen molar-refractivity contribution < 1.29 is 4.79 Å². The number of hydrogen-bond acceptors (Lipinski definition) is 3. The first-order valence-corrected chi connectivity index (χ1v) is 7.03. The quantitative estimate of drug-likeness (QED) is 0.920. The van der Waals surface area contributed by atoms with Crippen molar-refractivity contribution in [1.82, 2.24) is 20.0 Å². The highest BCUT2D eigenvalue weighted by atomic mass is 35.5. The highest BCUT2D eigenvalue weighted by Crippen LogP contribution is 2.18. The molecule has 0 aliphatic carbocycles. The Morgan fingerprint density at radius 3 is 2.57 bits per heavy atom. The first-order valence-electron chi connectivity index (χ1n) is 6.65. The van der Waals surface area contributed by atoms with E-state index in [1.54, 1.807) is 24.1 Å². The van der Waals surface area contributed by atoms with Crippen LogP contribution in [0.25, 0.3) is 0 Å². The summed E-state index contributed by atoms with van der Waals surface area (Å²) in [5.41, 5.74) is 1.57. The van der Waals surface area contributed by atoms with Gasteiger partial charge in [-0.3, -0.25) is 9.48 Å². The van der Waals surface area contributed by atoms with E-state index in [1.807, 2.05) is 43.3 Å². The van der Waals surface area contributed by atoms with E-state index in [9.17, 15) is 4.79 Å². The number of carbonyl (C=O) groups excluding carboxylic acids is 1. The fraction of sp³-hybridized carbons (Fsp3) is 0.333. The molecule has 2 aromatic rings. The topological polar surface area (TPSA) is 50.2 Å². The molecule has 0 bridgehead atoms. The number of aryl methyl sites for hydroxylation is 1. The fourth-order valence-electron chi connectivity index (χ4n) is 2.07. The lowest BCUT2D eigenvalue weighted by Crippen LogP contribution is -2.35. The Morgan fingerprint density at radius 1 is 1.38 bits per heavy atom. The van der Waals surface area contributed by atoms with Gasteiger partial charge in [-0.05, 0) is 31.8 Å². The summed E-state index contributed by atoms with van der Waals surface area (Å²) in [6.45, 7) is 0.702. The standard InChI is InChI=1S/C15H19ClN4O/c1-19(2)10-14(11-4-6-13(16)7-5-11)18-15(21)12-8-17-20(3)9-12/h4-9,14H,10H2,1-3H3,(H,18,21)/t14-/m0/s1. The lowest BCUT2D eigenvalue weighted by molar-refractivity contribution is 0.0930. The number of nitrogens with one attached hydrogen (secondary N) is 1. The molecule has 0 aliphatic heterocycles. The van der Waals surface area contributed by atoms with Gasteiger partial charge in [0.25, 0.3) is 5.91 Å². The van der Waals surface area contributed by atoms with Gasteiger partial charge in [-0.15, -0.1) is 0 Å². The number of benzene rings is 1. The second-order valence-electron chi connectivity index (χ2n) is 5.24. The molecule has 1 N–H and O–H groups in total. The van der Waals surface area contributed by atoms with E-state index >= 15 is 0 Å². The highest BCUT2D eigenvalue weighted by molar-refractivity contribution is 6.30. The molecule has 1 atom stereocenters. The third-order valence-electron chi connectivity index (χ3n) is 3.09. The van der Waals surface area contributed by atoms with Crippen LogP contribution < -0.4 is 5.32 Å². The van der Waals surface area contributed by atoms with Gasteiger partial charge in [-0.1, -0.05) is 23.7 Å². The third kappa shape index (κ3) is 4.31. The van der Waals surface area contributed by atoms with Crippen molar-refractivity contribution in [3.63, 3.8) is 0 Å². The molecule has 0 saturated carbocycles. The van der Waals surface area contributed by atoms with E-state index in [2.05, 4.69) is 10.4 Å². The summed E-state index contributed by atoms with van der Waals surface area (Å²) < 4.78 is 1.61. The highest BCUT2D eigenvalue weighted by Gasteiger charge is 2.17. The van der Waals surface area contributed by atoms with Crippen LogP contribution in [0.15, 0.2) is 36.7 Å². The van der Waals surface area contributed by atoms with Crippen LogP contribution in [-0.2, 0) is 7.05 Å². The van der Waals surface area contributed by atoms with Crippen molar-refractivity contribution in [3.05, 3.63) is 52.8 Å². The van der Waals surface area contributed by atoms with E-state index < -0.39 is 0 Å². The Morgan fingerprint density at radius 2 is 2.05 bits per heavy atom. The largest absolute Gasteiger partial charge is 0.344 e. The molecule has 0 fully saturated rings. The zero-order valence-corrected chi connectivity index (χ0v) is 13.1. The van der Waals surface area contributed by atoms with E-state index in [0.29, 0.717) is 17.1 Å². The molecule has 6 heteroatoms.